The van der Waals surface area contributed by atoms with Crippen molar-refractivity contribution in [3.63, 3.8) is 0 Å². The Kier molecular flexibility index (Phi) is 6.69. The topological polar surface area (TPSA) is 120 Å². The molecule has 12 heteroatoms. The Morgan fingerprint density at radius 1 is 1.11 bits per heavy atom. The number of fused-ring (bicyclic) bond motifs is 1. The van der Waals surface area contributed by atoms with Crippen LogP contribution in [-0.2, 0) is 9.53 Å². The molecule has 1 aromatic carbocycles. The molecule has 3 heterocycles. The van der Waals surface area contributed by atoms with Crippen molar-refractivity contribution in [2.24, 2.45) is 17.6 Å². The fourth-order valence-corrected chi connectivity index (χ4v) is 5.05. The normalized spacial score (nSPS) is 24.6. The molecular weight excluding hydrogens is 475 g/mol. The lowest BCUT2D eigenvalue weighted by molar-refractivity contribution is -0.122. The zero-order chi connectivity index (χ0) is 25.4. The number of carbonyl (C=O) groups excluding carboxylic acids is 1. The average molecular weight is 504 g/mol. The Morgan fingerprint density at radius 2 is 1.83 bits per heavy atom. The predicted molar refractivity (Wildman–Crippen MR) is 127 cm³/mol. The van der Waals surface area contributed by atoms with Crippen LogP contribution in [0.2, 0.25) is 0 Å². The van der Waals surface area contributed by atoms with Crippen molar-refractivity contribution in [2.75, 3.05) is 23.8 Å². The summed E-state index contributed by atoms with van der Waals surface area (Å²) in [7, 11) is 0. The van der Waals surface area contributed by atoms with E-state index in [1.165, 1.54) is 0 Å². The van der Waals surface area contributed by atoms with Crippen LogP contribution in [0.5, 0.6) is 0 Å². The van der Waals surface area contributed by atoms with Gasteiger partial charge in [0.15, 0.2) is 17.3 Å². The Labute approximate surface area is 205 Å². The first kappa shape index (κ1) is 24.3. The van der Waals surface area contributed by atoms with Gasteiger partial charge in [-0.05, 0) is 38.0 Å². The highest BCUT2D eigenvalue weighted by molar-refractivity contribution is 5.78. The number of carbonyl (C=O) groups is 1. The third kappa shape index (κ3) is 4.81. The molecule has 2 fully saturated rings. The third-order valence-electron chi connectivity index (χ3n) is 7.10. The van der Waals surface area contributed by atoms with Gasteiger partial charge in [-0.3, -0.25) is 9.36 Å². The van der Waals surface area contributed by atoms with Gasteiger partial charge in [-0.2, -0.15) is 4.98 Å². The van der Waals surface area contributed by atoms with Gasteiger partial charge in [-0.15, -0.1) is 0 Å². The number of hydrogen-bond donors (Lipinski definition) is 3. The monoisotopic (exact) mass is 503 g/mol. The van der Waals surface area contributed by atoms with E-state index in [1.54, 1.807) is 10.8 Å². The third-order valence-corrected chi connectivity index (χ3v) is 7.10. The summed E-state index contributed by atoms with van der Waals surface area (Å²) in [6.07, 6.45) is 4.73. The molecule has 0 bridgehead atoms. The minimum atomic E-state index is -1.08. The number of nitrogens with one attached hydrogen (secondary N) is 2. The molecule has 1 aliphatic carbocycles. The lowest BCUT2D eigenvalue weighted by Gasteiger charge is -2.30. The van der Waals surface area contributed by atoms with Gasteiger partial charge in [0.25, 0.3) is 0 Å². The SMILES string of the molecule is C[C@H]1COCC[C@H]1Nc1ncc2nc(Nc3c(F)cc(F)cc3F)n([C@H]3CC[C@@H](C(N)=O)CC3)c2n1. The second-order valence-electron chi connectivity index (χ2n) is 9.58. The van der Waals surface area contributed by atoms with Crippen molar-refractivity contribution >= 4 is 34.7 Å². The zero-order valence-electron chi connectivity index (χ0n) is 19.8. The molecule has 0 radical (unpaired) electrons. The van der Waals surface area contributed by atoms with Gasteiger partial charge >= 0.3 is 0 Å². The maximum absolute atomic E-state index is 14.4. The molecule has 1 aliphatic heterocycles. The molecule has 5 rings (SSSR count). The van der Waals surface area contributed by atoms with Gasteiger partial charge in [0, 0.05) is 36.7 Å². The summed E-state index contributed by atoms with van der Waals surface area (Å²) >= 11 is 0. The summed E-state index contributed by atoms with van der Waals surface area (Å²) < 4.78 is 49.6. The second-order valence-corrected chi connectivity index (χ2v) is 9.58. The van der Waals surface area contributed by atoms with Gasteiger partial charge < -0.3 is 21.1 Å². The first-order valence-corrected chi connectivity index (χ1v) is 12.1. The number of primary amides is 1. The van der Waals surface area contributed by atoms with E-state index < -0.39 is 23.1 Å². The largest absolute Gasteiger partial charge is 0.381 e. The number of amides is 1. The highest BCUT2D eigenvalue weighted by Crippen LogP contribution is 2.37. The van der Waals surface area contributed by atoms with Gasteiger partial charge in [0.05, 0.1) is 12.8 Å². The molecule has 1 saturated carbocycles. The van der Waals surface area contributed by atoms with Crippen LogP contribution in [0.25, 0.3) is 11.2 Å². The van der Waals surface area contributed by atoms with E-state index in [0.717, 1.165) is 6.42 Å². The first-order chi connectivity index (χ1) is 17.3. The number of anilines is 3. The summed E-state index contributed by atoms with van der Waals surface area (Å²) in [6, 6.07) is 1.20. The lowest BCUT2D eigenvalue weighted by Crippen LogP contribution is -2.36. The molecule has 2 atom stereocenters. The average Bonchev–Trinajstić information content (AvgIpc) is 3.20. The van der Waals surface area contributed by atoms with Crippen LogP contribution < -0.4 is 16.4 Å². The predicted octanol–water partition coefficient (Wildman–Crippen LogP) is 4.04. The van der Waals surface area contributed by atoms with Crippen LogP contribution in [0, 0.1) is 29.3 Å². The maximum Gasteiger partial charge on any atom is 0.224 e. The molecule has 1 saturated heterocycles. The van der Waals surface area contributed by atoms with E-state index in [9.17, 15) is 18.0 Å². The number of nitrogens with zero attached hydrogens (tertiary/aromatic N) is 4. The number of benzene rings is 1. The van der Waals surface area contributed by atoms with Gasteiger partial charge in [-0.1, -0.05) is 6.92 Å². The summed E-state index contributed by atoms with van der Waals surface area (Å²) in [5.74, 6) is -2.89. The summed E-state index contributed by atoms with van der Waals surface area (Å²) in [5, 5.41) is 6.08. The molecule has 9 nitrogen and oxygen atoms in total. The molecule has 2 aliphatic rings. The summed E-state index contributed by atoms with van der Waals surface area (Å²) in [5.41, 5.74) is 5.90. The maximum atomic E-state index is 14.4. The number of hydrogen-bond acceptors (Lipinski definition) is 7. The Hall–Kier alpha value is -3.41. The standard InChI is InChI=1S/C24H28F3N7O2/c1-12-11-36-7-6-18(12)30-23-29-10-19-22(33-23)34(15-4-2-13(3-5-15)21(28)35)24(31-19)32-20-16(26)8-14(25)9-17(20)27/h8-10,12-13,15,18H,2-7,11H2,1H3,(H2,28,35)(H,31,32)(H,29,30,33)/t12-,13-,15+,18+/m0/s1. The van der Waals surface area contributed by atoms with Crippen LogP contribution in [0.1, 0.15) is 45.1 Å². The molecule has 2 aromatic heterocycles. The van der Waals surface area contributed by atoms with Crippen molar-refractivity contribution in [3.8, 4) is 0 Å². The van der Waals surface area contributed by atoms with Crippen LogP contribution in [0.4, 0.5) is 30.8 Å². The Morgan fingerprint density at radius 3 is 2.50 bits per heavy atom. The van der Waals surface area contributed by atoms with Crippen LogP contribution in [0.3, 0.4) is 0 Å². The number of rotatable bonds is 6. The van der Waals surface area contributed by atoms with E-state index in [4.69, 9.17) is 15.5 Å². The molecule has 192 valence electrons. The first-order valence-electron chi connectivity index (χ1n) is 12.1. The van der Waals surface area contributed by atoms with E-state index in [-0.39, 0.29) is 35.8 Å². The molecule has 0 spiro atoms. The van der Waals surface area contributed by atoms with Crippen LogP contribution >= 0.6 is 0 Å². The lowest BCUT2D eigenvalue weighted by atomic mass is 9.85. The van der Waals surface area contributed by atoms with Crippen LogP contribution in [-0.4, -0.2) is 44.7 Å². The highest BCUT2D eigenvalue weighted by atomic mass is 19.1. The Bertz CT molecular complexity index is 1250. The molecule has 0 unspecified atom stereocenters. The van der Waals surface area contributed by atoms with E-state index in [2.05, 4.69) is 27.5 Å². The zero-order valence-corrected chi connectivity index (χ0v) is 19.8. The number of imidazole rings is 1. The molecule has 3 aromatic rings. The minimum absolute atomic E-state index is 0.138. The summed E-state index contributed by atoms with van der Waals surface area (Å²) in [6.45, 7) is 3.38. The van der Waals surface area contributed by atoms with E-state index in [0.29, 0.717) is 68.1 Å². The van der Waals surface area contributed by atoms with Gasteiger partial charge in [0.1, 0.15) is 17.0 Å². The molecule has 1 amide bonds. The highest BCUT2D eigenvalue weighted by Gasteiger charge is 2.30. The Balaban J connectivity index is 1.53. The van der Waals surface area contributed by atoms with Crippen molar-refractivity contribution in [3.05, 3.63) is 35.8 Å². The number of nitrogens with two attached hydrogens (primary N) is 1. The van der Waals surface area contributed by atoms with E-state index >= 15 is 0 Å². The summed E-state index contributed by atoms with van der Waals surface area (Å²) in [4.78, 5) is 25.3. The second kappa shape index (κ2) is 9.92. The number of ether oxygens (including phenoxy) is 1. The van der Waals surface area contributed by atoms with Crippen LogP contribution in [0.15, 0.2) is 18.3 Å². The molecular formula is C24H28F3N7O2. The molecule has 36 heavy (non-hydrogen) atoms. The number of aromatic nitrogens is 4. The van der Waals surface area contributed by atoms with Gasteiger partial charge in [-0.25, -0.2) is 23.1 Å². The van der Waals surface area contributed by atoms with Crippen molar-refractivity contribution < 1.29 is 22.7 Å². The smallest absolute Gasteiger partial charge is 0.224 e. The van der Waals surface area contributed by atoms with Crippen molar-refractivity contribution in [2.45, 2.75) is 51.1 Å². The van der Waals surface area contributed by atoms with Crippen molar-refractivity contribution in [1.29, 1.82) is 0 Å². The van der Waals surface area contributed by atoms with E-state index in [1.807, 2.05) is 0 Å². The molecule has 4 N–H and O–H groups in total. The number of halogens is 3. The quantitative estimate of drug-likeness (QED) is 0.464. The van der Waals surface area contributed by atoms with Gasteiger partial charge in [0.2, 0.25) is 17.8 Å². The minimum Gasteiger partial charge on any atom is -0.381 e. The van der Waals surface area contributed by atoms with Crippen molar-refractivity contribution in [1.82, 2.24) is 19.5 Å². The fraction of sp³-hybridized carbons (Fsp3) is 0.500. The fourth-order valence-electron chi connectivity index (χ4n) is 5.05.